The molecule has 1 N–H and O–H groups in total. The lowest BCUT2D eigenvalue weighted by Crippen LogP contribution is -2.52. The van der Waals surface area contributed by atoms with E-state index in [1.165, 1.54) is 13.0 Å². The molecule has 0 aromatic carbocycles. The van der Waals surface area contributed by atoms with E-state index in [0.29, 0.717) is 0 Å². The molecule has 60 valence electrons. The molecule has 0 spiro atoms. The third kappa shape index (κ3) is 0.722. The van der Waals surface area contributed by atoms with Crippen molar-refractivity contribution < 1.29 is 1.43 Å². The normalized spacial score (nSPS) is 45.6. The Morgan fingerprint density at radius 3 is 2.90 bits per heavy atom. The van der Waals surface area contributed by atoms with E-state index in [-0.39, 0.29) is 1.43 Å². The van der Waals surface area contributed by atoms with Gasteiger partial charge in [-0.05, 0) is 25.9 Å². The molecule has 1 aliphatic carbocycles. The molecule has 3 fully saturated rings. The third-order valence-corrected chi connectivity index (χ3v) is 3.00. The van der Waals surface area contributed by atoms with Gasteiger partial charge in [0.2, 0.25) is 0 Å². The molecule has 0 amide bonds. The predicted molar refractivity (Wildman–Crippen MR) is 44.1 cm³/mol. The zero-order chi connectivity index (χ0) is 7.14. The van der Waals surface area contributed by atoms with Crippen LogP contribution in [0.4, 0.5) is 0 Å². The number of rotatable bonds is 2. The van der Waals surface area contributed by atoms with Gasteiger partial charge < -0.3 is 10.2 Å². The highest BCUT2D eigenvalue weighted by molar-refractivity contribution is 5.07. The number of nitrogens with zero attached hydrogens (tertiary/aromatic N) is 1. The maximum absolute atomic E-state index is 3.53. The molecule has 0 aromatic rings. The van der Waals surface area contributed by atoms with Crippen LogP contribution in [0.2, 0.25) is 0 Å². The molecule has 2 bridgehead atoms. The van der Waals surface area contributed by atoms with Crippen molar-refractivity contribution >= 4 is 0 Å². The van der Waals surface area contributed by atoms with E-state index < -0.39 is 0 Å². The summed E-state index contributed by atoms with van der Waals surface area (Å²) in [5.74, 6) is 0.968. The van der Waals surface area contributed by atoms with Crippen molar-refractivity contribution in [1.29, 1.82) is 0 Å². The summed E-state index contributed by atoms with van der Waals surface area (Å²) >= 11 is 0. The van der Waals surface area contributed by atoms with Crippen molar-refractivity contribution in [3.63, 3.8) is 0 Å². The van der Waals surface area contributed by atoms with Gasteiger partial charge in [-0.2, -0.15) is 0 Å². The first-order chi connectivity index (χ1) is 4.83. The van der Waals surface area contributed by atoms with Crippen LogP contribution in [0.25, 0.3) is 0 Å². The maximum atomic E-state index is 3.53. The molecule has 1 saturated carbocycles. The Bertz CT molecular complexity index is 140. The highest BCUT2D eigenvalue weighted by atomic mass is 15.2. The van der Waals surface area contributed by atoms with Crippen LogP contribution in [-0.2, 0) is 0 Å². The van der Waals surface area contributed by atoms with Crippen LogP contribution in [0.3, 0.4) is 0 Å². The Morgan fingerprint density at radius 2 is 2.50 bits per heavy atom. The molecule has 3 unspecified atom stereocenters. The van der Waals surface area contributed by atoms with E-state index in [1.807, 2.05) is 0 Å². The Hall–Kier alpha value is -0.0800. The lowest BCUT2D eigenvalue weighted by atomic mass is 9.80. The lowest BCUT2D eigenvalue weighted by Gasteiger charge is -2.36. The Kier molecular flexibility index (Phi) is 1.46. The van der Waals surface area contributed by atoms with E-state index in [1.54, 1.807) is 0 Å². The summed E-state index contributed by atoms with van der Waals surface area (Å²) < 4.78 is 0. The summed E-state index contributed by atoms with van der Waals surface area (Å²) in [5, 5.41) is 3.53. The number of nitrogens with one attached hydrogen (secondary N) is 1. The Labute approximate surface area is 64.1 Å². The topological polar surface area (TPSA) is 15.3 Å². The fourth-order valence-corrected chi connectivity index (χ4v) is 2.41. The van der Waals surface area contributed by atoms with Crippen molar-refractivity contribution in [1.82, 2.24) is 10.2 Å². The van der Waals surface area contributed by atoms with Gasteiger partial charge in [-0.3, -0.25) is 0 Å². The first kappa shape index (κ1) is 6.62. The Balaban J connectivity index is 0.000000605. The van der Waals surface area contributed by atoms with E-state index >= 15 is 0 Å². The summed E-state index contributed by atoms with van der Waals surface area (Å²) in [6, 6.07) is 1.69. The second-order valence-electron chi connectivity index (χ2n) is 3.59. The molecular weight excluding hydrogens is 124 g/mol. The molecule has 2 heteroatoms. The molecule has 3 atom stereocenters. The molecule has 2 nitrogen and oxygen atoms in total. The summed E-state index contributed by atoms with van der Waals surface area (Å²) in [5.41, 5.74) is 0. The number of hydrogen-bond acceptors (Lipinski definition) is 2. The average Bonchev–Trinajstić information content (AvgIpc) is 2.37. The second-order valence-corrected chi connectivity index (χ2v) is 3.59. The van der Waals surface area contributed by atoms with Gasteiger partial charge in [0.1, 0.15) is 0 Å². The molecular formula is C8H18N2. The van der Waals surface area contributed by atoms with E-state index in [2.05, 4.69) is 24.2 Å². The first-order valence-corrected chi connectivity index (χ1v) is 4.26. The van der Waals surface area contributed by atoms with Crippen molar-refractivity contribution in [3.05, 3.63) is 0 Å². The van der Waals surface area contributed by atoms with Crippen LogP contribution in [0.1, 0.15) is 14.8 Å². The molecule has 2 heterocycles. The second kappa shape index (κ2) is 2.21. The zero-order valence-corrected chi connectivity index (χ0v) is 6.80. The smallest absolute Gasteiger partial charge is 0.0264 e. The van der Waals surface area contributed by atoms with E-state index in [4.69, 9.17) is 0 Å². The molecule has 3 rings (SSSR count). The number of likely N-dealkylation sites (N-methyl/N-ethyl adjacent to an activating group) is 2. The van der Waals surface area contributed by atoms with Crippen LogP contribution >= 0.6 is 0 Å². The van der Waals surface area contributed by atoms with Crippen LogP contribution in [0, 0.1) is 5.92 Å². The van der Waals surface area contributed by atoms with Gasteiger partial charge in [0.25, 0.3) is 0 Å². The Morgan fingerprint density at radius 1 is 1.70 bits per heavy atom. The quantitative estimate of drug-likeness (QED) is 0.605. The number of fused-ring (bicyclic) bond motifs is 1. The third-order valence-electron chi connectivity index (χ3n) is 3.00. The average molecular weight is 142 g/mol. The minimum Gasteiger partial charge on any atom is -0.312 e. The van der Waals surface area contributed by atoms with Crippen molar-refractivity contribution in [2.75, 3.05) is 20.1 Å². The molecule has 2 aliphatic heterocycles. The maximum Gasteiger partial charge on any atom is 0.0264 e. The summed E-state index contributed by atoms with van der Waals surface area (Å²) in [7, 11) is 2.24. The molecule has 10 heavy (non-hydrogen) atoms. The predicted octanol–water partition coefficient (Wildman–Crippen LogP) is 0.544. The first-order valence-electron chi connectivity index (χ1n) is 4.26. The van der Waals surface area contributed by atoms with Crippen molar-refractivity contribution in [2.24, 2.45) is 5.92 Å². The monoisotopic (exact) mass is 142 g/mol. The van der Waals surface area contributed by atoms with E-state index in [9.17, 15) is 0 Å². The van der Waals surface area contributed by atoms with Gasteiger partial charge in [-0.15, -0.1) is 0 Å². The minimum absolute atomic E-state index is 0. The van der Waals surface area contributed by atoms with Crippen LogP contribution in [0.15, 0.2) is 0 Å². The fourth-order valence-electron chi connectivity index (χ4n) is 2.41. The molecule has 0 radical (unpaired) electrons. The summed E-state index contributed by atoms with van der Waals surface area (Å²) in [6.45, 7) is 4.64. The standard InChI is InChI=1S/C8H16N2.H2/c1-3-9-8-6-4-7(8)10(2)5-6;/h6-9H,3-5H2,1-2H3;1H. The van der Waals surface area contributed by atoms with Gasteiger partial charge in [0, 0.05) is 20.1 Å². The molecule has 3 aliphatic rings. The van der Waals surface area contributed by atoms with Gasteiger partial charge in [0.05, 0.1) is 0 Å². The van der Waals surface area contributed by atoms with Gasteiger partial charge >= 0.3 is 0 Å². The van der Waals surface area contributed by atoms with Crippen molar-refractivity contribution in [2.45, 2.75) is 25.4 Å². The van der Waals surface area contributed by atoms with Gasteiger partial charge in [-0.25, -0.2) is 0 Å². The van der Waals surface area contributed by atoms with Crippen LogP contribution in [-0.4, -0.2) is 37.1 Å². The summed E-state index contributed by atoms with van der Waals surface area (Å²) in [4.78, 5) is 2.48. The summed E-state index contributed by atoms with van der Waals surface area (Å²) in [6.07, 6.45) is 1.44. The van der Waals surface area contributed by atoms with Crippen LogP contribution < -0.4 is 5.32 Å². The molecule has 0 aromatic heterocycles. The number of hydrogen-bond donors (Lipinski definition) is 1. The van der Waals surface area contributed by atoms with Gasteiger partial charge in [0.15, 0.2) is 0 Å². The van der Waals surface area contributed by atoms with Gasteiger partial charge in [-0.1, -0.05) is 6.92 Å². The largest absolute Gasteiger partial charge is 0.312 e. The highest BCUT2D eigenvalue weighted by Gasteiger charge is 2.49. The zero-order valence-electron chi connectivity index (χ0n) is 6.80. The minimum atomic E-state index is 0. The fraction of sp³-hybridized carbons (Fsp3) is 1.00. The highest BCUT2D eigenvalue weighted by Crippen LogP contribution is 2.39. The van der Waals surface area contributed by atoms with Crippen molar-refractivity contribution in [3.8, 4) is 0 Å². The van der Waals surface area contributed by atoms with E-state index in [0.717, 1.165) is 24.5 Å². The molecule has 2 saturated heterocycles. The lowest BCUT2D eigenvalue weighted by molar-refractivity contribution is 0.204. The van der Waals surface area contributed by atoms with Crippen LogP contribution in [0.5, 0.6) is 0 Å². The SMILES string of the molecule is CCNC1C2CC1N(C)C2.[HH].